The van der Waals surface area contributed by atoms with Crippen molar-refractivity contribution in [3.63, 3.8) is 0 Å². The van der Waals surface area contributed by atoms with Crippen molar-refractivity contribution in [3.05, 3.63) is 57.6 Å². The van der Waals surface area contributed by atoms with E-state index in [1.54, 1.807) is 6.07 Å². The van der Waals surface area contributed by atoms with Crippen LogP contribution in [0, 0.1) is 0 Å². The van der Waals surface area contributed by atoms with E-state index in [2.05, 4.69) is 17.4 Å². The minimum absolute atomic E-state index is 0.233. The molecule has 104 valence electrons. The molecule has 4 heteroatoms. The molecule has 0 spiro atoms. The summed E-state index contributed by atoms with van der Waals surface area (Å²) in [6.07, 6.45) is 0.874. The van der Waals surface area contributed by atoms with Crippen LogP contribution in [0.4, 0.5) is 5.69 Å². The maximum Gasteiger partial charge on any atom is 0.119 e. The lowest BCUT2D eigenvalue weighted by Gasteiger charge is -2.12. The number of anilines is 1. The molecule has 0 bridgehead atoms. The third-order valence-electron chi connectivity index (χ3n) is 3.49. The van der Waals surface area contributed by atoms with Gasteiger partial charge in [-0.2, -0.15) is 0 Å². The maximum atomic E-state index is 6.25. The minimum atomic E-state index is 0.233. The standard InChI is InChI=1S/C16H15Cl2NO/c1-2-20-12-5-3-10(4-6-12)15-9-13-14(18)7-11(17)8-16(13)19-15/h3-8,15,19H,2,9H2,1H3. The third-order valence-corrected chi connectivity index (χ3v) is 4.05. The Hall–Kier alpha value is -1.38. The molecule has 0 aromatic heterocycles. The Labute approximate surface area is 128 Å². The van der Waals surface area contributed by atoms with Crippen LogP contribution in [0.2, 0.25) is 10.0 Å². The molecule has 0 amide bonds. The second-order valence-electron chi connectivity index (χ2n) is 4.82. The Morgan fingerprint density at radius 1 is 1.20 bits per heavy atom. The Kier molecular flexibility index (Phi) is 3.77. The highest BCUT2D eigenvalue weighted by Gasteiger charge is 2.24. The van der Waals surface area contributed by atoms with E-state index in [1.807, 2.05) is 25.1 Å². The van der Waals surface area contributed by atoms with Crippen molar-refractivity contribution in [1.82, 2.24) is 0 Å². The van der Waals surface area contributed by atoms with Crippen molar-refractivity contribution in [2.75, 3.05) is 11.9 Å². The zero-order valence-corrected chi connectivity index (χ0v) is 12.6. The molecule has 1 aliphatic rings. The lowest BCUT2D eigenvalue weighted by atomic mass is 10.0. The van der Waals surface area contributed by atoms with E-state index in [9.17, 15) is 0 Å². The van der Waals surface area contributed by atoms with Gasteiger partial charge in [0.2, 0.25) is 0 Å². The largest absolute Gasteiger partial charge is 0.494 e. The molecule has 2 aromatic carbocycles. The van der Waals surface area contributed by atoms with Gasteiger partial charge in [0.05, 0.1) is 12.6 Å². The monoisotopic (exact) mass is 307 g/mol. The molecular formula is C16H15Cl2NO. The summed E-state index contributed by atoms with van der Waals surface area (Å²) in [7, 11) is 0. The van der Waals surface area contributed by atoms with Crippen LogP contribution in [0.3, 0.4) is 0 Å². The van der Waals surface area contributed by atoms with Crippen LogP contribution in [-0.4, -0.2) is 6.61 Å². The molecule has 0 radical (unpaired) electrons. The lowest BCUT2D eigenvalue weighted by molar-refractivity contribution is 0.340. The van der Waals surface area contributed by atoms with Crippen LogP contribution in [-0.2, 0) is 6.42 Å². The molecule has 20 heavy (non-hydrogen) atoms. The molecule has 0 fully saturated rings. The summed E-state index contributed by atoms with van der Waals surface area (Å²) in [6, 6.07) is 12.1. The quantitative estimate of drug-likeness (QED) is 0.851. The van der Waals surface area contributed by atoms with Crippen molar-refractivity contribution in [2.24, 2.45) is 0 Å². The van der Waals surface area contributed by atoms with Gasteiger partial charge in [-0.15, -0.1) is 0 Å². The first-order valence-corrected chi connectivity index (χ1v) is 7.40. The molecule has 1 N–H and O–H groups in total. The van der Waals surface area contributed by atoms with E-state index in [4.69, 9.17) is 27.9 Å². The molecule has 1 atom stereocenters. The molecule has 3 rings (SSSR count). The summed E-state index contributed by atoms with van der Waals surface area (Å²) >= 11 is 12.3. The molecule has 1 heterocycles. The van der Waals surface area contributed by atoms with Gasteiger partial charge in [-0.25, -0.2) is 0 Å². The van der Waals surface area contributed by atoms with Crippen LogP contribution in [0.25, 0.3) is 0 Å². The van der Waals surface area contributed by atoms with Crippen LogP contribution >= 0.6 is 23.2 Å². The van der Waals surface area contributed by atoms with Crippen LogP contribution in [0.15, 0.2) is 36.4 Å². The topological polar surface area (TPSA) is 21.3 Å². The fourth-order valence-electron chi connectivity index (χ4n) is 2.55. The van der Waals surface area contributed by atoms with Crippen molar-refractivity contribution < 1.29 is 4.74 Å². The van der Waals surface area contributed by atoms with Crippen molar-refractivity contribution >= 4 is 28.9 Å². The predicted molar refractivity (Wildman–Crippen MR) is 84.1 cm³/mol. The summed E-state index contributed by atoms with van der Waals surface area (Å²) in [5.41, 5.74) is 3.38. The number of hydrogen-bond donors (Lipinski definition) is 1. The average molecular weight is 308 g/mol. The first-order valence-electron chi connectivity index (χ1n) is 6.64. The molecular weight excluding hydrogens is 293 g/mol. The van der Waals surface area contributed by atoms with Gasteiger partial charge in [0.1, 0.15) is 5.75 Å². The number of rotatable bonds is 3. The van der Waals surface area contributed by atoms with Gasteiger partial charge in [0, 0.05) is 22.2 Å². The highest BCUT2D eigenvalue weighted by molar-refractivity contribution is 6.35. The van der Waals surface area contributed by atoms with Crippen molar-refractivity contribution in [1.29, 1.82) is 0 Å². The number of halogens is 2. The number of benzene rings is 2. The Morgan fingerprint density at radius 3 is 2.65 bits per heavy atom. The van der Waals surface area contributed by atoms with Crippen LogP contribution in [0.5, 0.6) is 5.75 Å². The minimum Gasteiger partial charge on any atom is -0.494 e. The first kappa shape index (κ1) is 13.6. The number of fused-ring (bicyclic) bond motifs is 1. The fourth-order valence-corrected chi connectivity index (χ4v) is 3.12. The highest BCUT2D eigenvalue weighted by Crippen LogP contribution is 2.40. The van der Waals surface area contributed by atoms with E-state index in [1.165, 1.54) is 5.56 Å². The zero-order chi connectivity index (χ0) is 14.1. The van der Waals surface area contributed by atoms with Gasteiger partial charge in [-0.3, -0.25) is 0 Å². The van der Waals surface area contributed by atoms with Crippen LogP contribution < -0.4 is 10.1 Å². The highest BCUT2D eigenvalue weighted by atomic mass is 35.5. The molecule has 2 nitrogen and oxygen atoms in total. The van der Waals surface area contributed by atoms with Gasteiger partial charge in [0.25, 0.3) is 0 Å². The van der Waals surface area contributed by atoms with Gasteiger partial charge in [-0.1, -0.05) is 35.3 Å². The van der Waals surface area contributed by atoms with Crippen molar-refractivity contribution in [2.45, 2.75) is 19.4 Å². The molecule has 0 saturated heterocycles. The van der Waals surface area contributed by atoms with Gasteiger partial charge < -0.3 is 10.1 Å². The summed E-state index contributed by atoms with van der Waals surface area (Å²) < 4.78 is 5.46. The molecule has 0 saturated carbocycles. The van der Waals surface area contributed by atoms with E-state index in [0.717, 1.165) is 28.4 Å². The van der Waals surface area contributed by atoms with E-state index >= 15 is 0 Å². The zero-order valence-electron chi connectivity index (χ0n) is 11.1. The number of ether oxygens (including phenoxy) is 1. The van der Waals surface area contributed by atoms with Gasteiger partial charge >= 0.3 is 0 Å². The van der Waals surface area contributed by atoms with Gasteiger partial charge in [0.15, 0.2) is 0 Å². The molecule has 1 unspecified atom stereocenters. The second kappa shape index (κ2) is 5.55. The van der Waals surface area contributed by atoms with Crippen LogP contribution in [0.1, 0.15) is 24.1 Å². The first-order chi connectivity index (χ1) is 9.67. The van der Waals surface area contributed by atoms with E-state index < -0.39 is 0 Å². The number of hydrogen-bond acceptors (Lipinski definition) is 2. The summed E-state index contributed by atoms with van der Waals surface area (Å²) in [4.78, 5) is 0. The normalized spacial score (nSPS) is 16.6. The van der Waals surface area contributed by atoms with E-state index in [-0.39, 0.29) is 6.04 Å². The second-order valence-corrected chi connectivity index (χ2v) is 5.66. The molecule has 2 aromatic rings. The molecule has 1 aliphatic heterocycles. The SMILES string of the molecule is CCOc1ccc(C2Cc3c(Cl)cc(Cl)cc3N2)cc1. The smallest absolute Gasteiger partial charge is 0.119 e. The number of nitrogens with one attached hydrogen (secondary N) is 1. The van der Waals surface area contributed by atoms with Gasteiger partial charge in [-0.05, 0) is 42.3 Å². The fraction of sp³-hybridized carbons (Fsp3) is 0.250. The maximum absolute atomic E-state index is 6.25. The Morgan fingerprint density at radius 2 is 1.95 bits per heavy atom. The molecule has 0 aliphatic carbocycles. The van der Waals surface area contributed by atoms with Crippen molar-refractivity contribution in [3.8, 4) is 5.75 Å². The third kappa shape index (κ3) is 2.58. The predicted octanol–water partition coefficient (Wildman–Crippen LogP) is 5.10. The van der Waals surface area contributed by atoms with E-state index in [0.29, 0.717) is 11.6 Å². The lowest BCUT2D eigenvalue weighted by Crippen LogP contribution is -2.05. The summed E-state index contributed by atoms with van der Waals surface area (Å²) in [6.45, 7) is 2.66. The Balaban J connectivity index is 1.82. The average Bonchev–Trinajstić information content (AvgIpc) is 2.84. The summed E-state index contributed by atoms with van der Waals surface area (Å²) in [5.74, 6) is 0.896. The summed E-state index contributed by atoms with van der Waals surface area (Å²) in [5, 5.41) is 4.86. The Bertz CT molecular complexity index is 625.